The van der Waals surface area contributed by atoms with E-state index in [4.69, 9.17) is 16.3 Å². The summed E-state index contributed by atoms with van der Waals surface area (Å²) >= 11 is 8.37. The van der Waals surface area contributed by atoms with Crippen LogP contribution < -0.4 is 4.74 Å². The molecule has 6 nitrogen and oxygen atoms in total. The first-order valence-corrected chi connectivity index (χ1v) is 10.6. The van der Waals surface area contributed by atoms with Gasteiger partial charge in [0.2, 0.25) is 5.88 Å². The average Bonchev–Trinajstić information content (AvgIpc) is 3.09. The van der Waals surface area contributed by atoms with Gasteiger partial charge in [-0.15, -0.1) is 21.5 Å². The molecule has 0 spiro atoms. The number of ether oxygens (including phenoxy) is 1. The molecule has 0 aliphatic rings. The van der Waals surface area contributed by atoms with Crippen molar-refractivity contribution in [1.29, 1.82) is 0 Å². The summed E-state index contributed by atoms with van der Waals surface area (Å²) in [6, 6.07) is 7.60. The molecule has 152 valence electrons. The van der Waals surface area contributed by atoms with Crippen molar-refractivity contribution in [3.8, 4) is 17.1 Å². The lowest BCUT2D eigenvalue weighted by molar-refractivity contribution is -0.138. The Bertz CT molecular complexity index is 1010. The predicted octanol–water partition coefficient (Wildman–Crippen LogP) is 4.97. The maximum absolute atomic E-state index is 14.0. The van der Waals surface area contributed by atoms with Crippen LogP contribution in [0.5, 0.6) is 5.88 Å². The molecule has 0 atom stereocenters. The van der Waals surface area contributed by atoms with Crippen LogP contribution in [0.1, 0.15) is 19.5 Å². The summed E-state index contributed by atoms with van der Waals surface area (Å²) in [4.78, 5) is 15.6. The largest absolute Gasteiger partial charge is 0.480 e. The summed E-state index contributed by atoms with van der Waals surface area (Å²) in [5.41, 5.74) is 1.51. The number of nitrogens with zero attached hydrogens (tertiary/aromatic N) is 3. The van der Waals surface area contributed by atoms with Crippen LogP contribution in [-0.4, -0.2) is 37.6 Å². The molecular weight excluding hydrogens is 437 g/mol. The van der Waals surface area contributed by atoms with Crippen molar-refractivity contribution >= 4 is 40.7 Å². The van der Waals surface area contributed by atoms with Gasteiger partial charge in [0, 0.05) is 28.5 Å². The highest BCUT2D eigenvalue weighted by Crippen LogP contribution is 2.34. The Labute approximate surface area is 180 Å². The van der Waals surface area contributed by atoms with E-state index in [1.807, 2.05) is 5.38 Å². The number of hydrogen-bond donors (Lipinski definition) is 1. The average molecular weight is 454 g/mol. The molecule has 0 amide bonds. The minimum absolute atomic E-state index is 0.310. The fourth-order valence-electron chi connectivity index (χ4n) is 2.21. The maximum atomic E-state index is 14.0. The monoisotopic (exact) mass is 453 g/mol. The number of carboxylic acids is 1. The van der Waals surface area contributed by atoms with E-state index in [-0.39, 0.29) is 0 Å². The van der Waals surface area contributed by atoms with Crippen molar-refractivity contribution in [2.45, 2.75) is 29.4 Å². The van der Waals surface area contributed by atoms with Gasteiger partial charge in [-0.2, -0.15) is 0 Å². The van der Waals surface area contributed by atoms with Gasteiger partial charge in [0.05, 0.1) is 18.0 Å². The number of thiazole rings is 1. The Morgan fingerprint density at radius 2 is 2.10 bits per heavy atom. The molecule has 0 saturated carbocycles. The van der Waals surface area contributed by atoms with Gasteiger partial charge >= 0.3 is 5.97 Å². The molecular formula is C19H17ClFN3O3S2. The number of hydrogen-bond acceptors (Lipinski definition) is 7. The summed E-state index contributed by atoms with van der Waals surface area (Å²) in [6.45, 7) is 3.62. The van der Waals surface area contributed by atoms with Crippen LogP contribution in [0.15, 0.2) is 40.1 Å². The molecule has 0 bridgehead atoms. The number of aliphatic carboxylic acids is 1. The second-order valence-corrected chi connectivity index (χ2v) is 9.67. The Kier molecular flexibility index (Phi) is 6.71. The van der Waals surface area contributed by atoms with E-state index in [9.17, 15) is 14.3 Å². The van der Waals surface area contributed by atoms with Gasteiger partial charge in [0.25, 0.3) is 0 Å². The Morgan fingerprint density at radius 1 is 1.31 bits per heavy atom. The quantitative estimate of drug-likeness (QED) is 0.482. The van der Waals surface area contributed by atoms with Crippen molar-refractivity contribution in [3.63, 3.8) is 0 Å². The molecule has 2 heterocycles. The SMILES string of the molecule is CC(C)(Sc1nc(CCOc2ccc(-c3ccc(Cl)cc3F)nn2)cs1)C(=O)O. The van der Waals surface area contributed by atoms with Gasteiger partial charge in [-0.05, 0) is 38.1 Å². The highest BCUT2D eigenvalue weighted by atomic mass is 35.5. The molecule has 29 heavy (non-hydrogen) atoms. The van der Waals surface area contributed by atoms with E-state index in [1.165, 1.54) is 29.2 Å². The third-order valence-corrected chi connectivity index (χ3v) is 6.25. The molecule has 0 aliphatic carbocycles. The normalized spacial score (nSPS) is 11.4. The Balaban J connectivity index is 1.54. The summed E-state index contributed by atoms with van der Waals surface area (Å²) in [7, 11) is 0. The zero-order chi connectivity index (χ0) is 21.0. The summed E-state index contributed by atoms with van der Waals surface area (Å²) in [5, 5.41) is 19.3. The molecule has 3 aromatic rings. The third kappa shape index (κ3) is 5.65. The summed E-state index contributed by atoms with van der Waals surface area (Å²) in [6.07, 6.45) is 0.541. The summed E-state index contributed by atoms with van der Waals surface area (Å²) in [5.74, 6) is -1.04. The molecule has 2 aromatic heterocycles. The van der Waals surface area contributed by atoms with Crippen LogP contribution in [0.4, 0.5) is 4.39 Å². The maximum Gasteiger partial charge on any atom is 0.319 e. The molecule has 0 radical (unpaired) electrons. The third-order valence-electron chi connectivity index (χ3n) is 3.84. The van der Waals surface area contributed by atoms with Crippen LogP contribution >= 0.6 is 34.7 Å². The van der Waals surface area contributed by atoms with Gasteiger partial charge in [-0.3, -0.25) is 4.79 Å². The zero-order valence-corrected chi connectivity index (χ0v) is 17.9. The lowest BCUT2D eigenvalue weighted by Crippen LogP contribution is -2.26. The number of aromatic nitrogens is 3. The van der Waals surface area contributed by atoms with E-state index in [2.05, 4.69) is 15.2 Å². The lowest BCUT2D eigenvalue weighted by Gasteiger charge is -2.15. The molecule has 0 unspecified atom stereocenters. The number of rotatable bonds is 8. The smallest absolute Gasteiger partial charge is 0.319 e. The predicted molar refractivity (Wildman–Crippen MR) is 111 cm³/mol. The van der Waals surface area contributed by atoms with E-state index < -0.39 is 16.5 Å². The number of thioether (sulfide) groups is 1. The second-order valence-electron chi connectivity index (χ2n) is 6.50. The topological polar surface area (TPSA) is 85.2 Å². The molecule has 0 saturated heterocycles. The van der Waals surface area contributed by atoms with Gasteiger partial charge in [-0.25, -0.2) is 9.37 Å². The van der Waals surface area contributed by atoms with Crippen LogP contribution in [0.25, 0.3) is 11.3 Å². The lowest BCUT2D eigenvalue weighted by atomic mass is 10.1. The van der Waals surface area contributed by atoms with E-state index in [1.54, 1.807) is 38.1 Å². The van der Waals surface area contributed by atoms with Gasteiger partial charge in [-0.1, -0.05) is 23.4 Å². The molecule has 1 N–H and O–H groups in total. The highest BCUT2D eigenvalue weighted by molar-refractivity contribution is 8.02. The van der Waals surface area contributed by atoms with E-state index in [0.29, 0.717) is 39.5 Å². The minimum Gasteiger partial charge on any atom is -0.480 e. The van der Waals surface area contributed by atoms with Gasteiger partial charge in [0.15, 0.2) is 4.34 Å². The van der Waals surface area contributed by atoms with Crippen molar-refractivity contribution in [1.82, 2.24) is 15.2 Å². The Hall–Kier alpha value is -2.23. The first-order valence-electron chi connectivity index (χ1n) is 8.53. The van der Waals surface area contributed by atoms with Gasteiger partial charge in [0.1, 0.15) is 10.6 Å². The number of halogens is 2. The van der Waals surface area contributed by atoms with Crippen LogP contribution in [0.3, 0.4) is 0 Å². The highest BCUT2D eigenvalue weighted by Gasteiger charge is 2.29. The van der Waals surface area contributed by atoms with Crippen molar-refractivity contribution < 1.29 is 19.0 Å². The molecule has 0 fully saturated rings. The van der Waals surface area contributed by atoms with Crippen molar-refractivity contribution in [3.05, 3.63) is 52.2 Å². The number of benzene rings is 1. The van der Waals surface area contributed by atoms with Crippen LogP contribution in [-0.2, 0) is 11.2 Å². The molecule has 10 heteroatoms. The summed E-state index contributed by atoms with van der Waals surface area (Å²) < 4.78 is 19.3. The number of carbonyl (C=O) groups is 1. The standard InChI is InChI=1S/C19H17ClFN3O3S2/c1-19(2,17(25)26)29-18-22-12(10-28-18)7-8-27-16-6-5-15(23-24-16)13-4-3-11(20)9-14(13)21/h3-6,9-10H,7-8H2,1-2H3,(H,25,26). The van der Waals surface area contributed by atoms with E-state index >= 15 is 0 Å². The van der Waals surface area contributed by atoms with Crippen molar-refractivity contribution in [2.24, 2.45) is 0 Å². The van der Waals surface area contributed by atoms with Crippen molar-refractivity contribution in [2.75, 3.05) is 6.61 Å². The molecule has 3 rings (SSSR count). The molecule has 0 aliphatic heterocycles. The Morgan fingerprint density at radius 3 is 2.76 bits per heavy atom. The fraction of sp³-hybridized carbons (Fsp3) is 0.263. The zero-order valence-electron chi connectivity index (χ0n) is 15.6. The van der Waals surface area contributed by atoms with Crippen LogP contribution in [0.2, 0.25) is 5.02 Å². The minimum atomic E-state index is -0.938. The molecule has 1 aromatic carbocycles. The first kappa shape index (κ1) is 21.5. The van der Waals surface area contributed by atoms with Crippen LogP contribution in [0, 0.1) is 5.82 Å². The second kappa shape index (κ2) is 9.06. The van der Waals surface area contributed by atoms with Gasteiger partial charge < -0.3 is 9.84 Å². The number of carboxylic acid groups (broad SMARTS) is 1. The first-order chi connectivity index (χ1) is 13.7. The fourth-order valence-corrected chi connectivity index (χ4v) is 4.59. The van der Waals surface area contributed by atoms with E-state index in [0.717, 1.165) is 5.69 Å².